The number of hydrogen-bond acceptors (Lipinski definition) is 2. The third-order valence-corrected chi connectivity index (χ3v) is 1.69. The van der Waals surface area contributed by atoms with Gasteiger partial charge in [0.25, 0.3) is 0 Å². The van der Waals surface area contributed by atoms with Crippen LogP contribution in [0.15, 0.2) is 43.5 Å². The molecule has 0 unspecified atom stereocenters. The van der Waals surface area contributed by atoms with Gasteiger partial charge in [0.05, 0.1) is 13.2 Å². The maximum atomic E-state index is 5.39. The first-order valence-electron chi connectivity index (χ1n) is 4.79. The van der Waals surface area contributed by atoms with Crippen LogP contribution < -0.4 is 4.74 Å². The highest BCUT2D eigenvalue weighted by molar-refractivity contribution is 5.27. The molecule has 1 rings (SSSR count). The van der Waals surface area contributed by atoms with Crippen molar-refractivity contribution in [2.45, 2.75) is 6.61 Å². The SMILES string of the molecule is C=CCOCc1[c]ccc(OCC=C)c1. The summed E-state index contributed by atoms with van der Waals surface area (Å²) in [6.45, 7) is 8.75. The topological polar surface area (TPSA) is 18.5 Å². The molecule has 0 fully saturated rings. The summed E-state index contributed by atoms with van der Waals surface area (Å²) < 4.78 is 10.7. The molecule has 1 aromatic rings. The van der Waals surface area contributed by atoms with E-state index in [0.717, 1.165) is 11.3 Å². The molecule has 0 aliphatic rings. The number of benzene rings is 1. The minimum absolute atomic E-state index is 0.511. The second-order valence-electron chi connectivity index (χ2n) is 2.95. The van der Waals surface area contributed by atoms with Crippen LogP contribution >= 0.6 is 0 Å². The van der Waals surface area contributed by atoms with Gasteiger partial charge in [-0.1, -0.05) is 24.8 Å². The fraction of sp³-hybridized carbons (Fsp3) is 0.231. The lowest BCUT2D eigenvalue weighted by molar-refractivity contribution is 0.148. The predicted octanol–water partition coefficient (Wildman–Crippen LogP) is 2.75. The summed E-state index contributed by atoms with van der Waals surface area (Å²) in [5, 5.41) is 0. The second-order valence-corrected chi connectivity index (χ2v) is 2.95. The van der Waals surface area contributed by atoms with Gasteiger partial charge in [-0.25, -0.2) is 0 Å². The van der Waals surface area contributed by atoms with Crippen LogP contribution in [-0.4, -0.2) is 13.2 Å². The summed E-state index contributed by atoms with van der Waals surface area (Å²) in [6.07, 6.45) is 3.43. The van der Waals surface area contributed by atoms with Crippen molar-refractivity contribution < 1.29 is 9.47 Å². The summed E-state index contributed by atoms with van der Waals surface area (Å²) in [5.41, 5.74) is 0.971. The second kappa shape index (κ2) is 6.85. The Morgan fingerprint density at radius 1 is 1.27 bits per heavy atom. The maximum absolute atomic E-state index is 5.39. The summed E-state index contributed by atoms with van der Waals surface area (Å²) in [4.78, 5) is 0. The van der Waals surface area contributed by atoms with Crippen molar-refractivity contribution >= 4 is 0 Å². The van der Waals surface area contributed by atoms with E-state index in [2.05, 4.69) is 19.2 Å². The van der Waals surface area contributed by atoms with Gasteiger partial charge in [0, 0.05) is 0 Å². The first kappa shape index (κ1) is 11.5. The predicted molar refractivity (Wildman–Crippen MR) is 60.8 cm³/mol. The Labute approximate surface area is 90.8 Å². The van der Waals surface area contributed by atoms with E-state index in [4.69, 9.17) is 9.47 Å². The van der Waals surface area contributed by atoms with E-state index in [1.54, 1.807) is 12.2 Å². The van der Waals surface area contributed by atoms with E-state index in [1.807, 2.05) is 18.2 Å². The minimum atomic E-state index is 0.511. The number of rotatable bonds is 7. The average molecular weight is 203 g/mol. The Morgan fingerprint density at radius 2 is 2.07 bits per heavy atom. The molecular weight excluding hydrogens is 188 g/mol. The molecular formula is C13H15O2. The van der Waals surface area contributed by atoms with Crippen LogP contribution in [0.2, 0.25) is 0 Å². The Bertz CT molecular complexity index is 318. The van der Waals surface area contributed by atoms with Crippen LogP contribution in [0.1, 0.15) is 5.56 Å². The molecule has 0 spiro atoms. The third-order valence-electron chi connectivity index (χ3n) is 1.69. The van der Waals surface area contributed by atoms with Crippen molar-refractivity contribution in [3.05, 3.63) is 55.1 Å². The van der Waals surface area contributed by atoms with Crippen LogP contribution in [0, 0.1) is 6.07 Å². The van der Waals surface area contributed by atoms with Crippen molar-refractivity contribution in [1.29, 1.82) is 0 Å². The van der Waals surface area contributed by atoms with Gasteiger partial charge in [0.2, 0.25) is 0 Å². The van der Waals surface area contributed by atoms with Gasteiger partial charge in [-0.15, -0.1) is 6.58 Å². The zero-order valence-electron chi connectivity index (χ0n) is 8.74. The molecule has 0 aliphatic carbocycles. The Kier molecular flexibility index (Phi) is 5.26. The van der Waals surface area contributed by atoms with Crippen LogP contribution in [-0.2, 0) is 11.3 Å². The lowest BCUT2D eigenvalue weighted by Crippen LogP contribution is -1.96. The molecule has 0 saturated carbocycles. The van der Waals surface area contributed by atoms with Gasteiger partial charge in [0.15, 0.2) is 0 Å². The van der Waals surface area contributed by atoms with Crippen molar-refractivity contribution in [3.8, 4) is 5.75 Å². The maximum Gasteiger partial charge on any atom is 0.120 e. The monoisotopic (exact) mass is 203 g/mol. The molecule has 15 heavy (non-hydrogen) atoms. The van der Waals surface area contributed by atoms with Gasteiger partial charge in [-0.3, -0.25) is 0 Å². The Morgan fingerprint density at radius 3 is 2.80 bits per heavy atom. The van der Waals surface area contributed by atoms with Crippen molar-refractivity contribution in [1.82, 2.24) is 0 Å². The van der Waals surface area contributed by atoms with E-state index in [0.29, 0.717) is 19.8 Å². The molecule has 0 saturated heterocycles. The summed E-state index contributed by atoms with van der Waals surface area (Å²) in [5.74, 6) is 0.811. The molecule has 0 aromatic heterocycles. The normalized spacial score (nSPS) is 9.60. The van der Waals surface area contributed by atoms with E-state index in [1.165, 1.54) is 0 Å². The van der Waals surface area contributed by atoms with Gasteiger partial charge in [-0.05, 0) is 23.8 Å². The van der Waals surface area contributed by atoms with Gasteiger partial charge < -0.3 is 9.47 Å². The lowest BCUT2D eigenvalue weighted by atomic mass is 10.2. The van der Waals surface area contributed by atoms with Crippen molar-refractivity contribution in [2.75, 3.05) is 13.2 Å². The zero-order chi connectivity index (χ0) is 10.9. The van der Waals surface area contributed by atoms with E-state index < -0.39 is 0 Å². The molecule has 2 nitrogen and oxygen atoms in total. The summed E-state index contributed by atoms with van der Waals surface area (Å²) in [7, 11) is 0. The quantitative estimate of drug-likeness (QED) is 0.501. The molecule has 0 N–H and O–H groups in total. The number of hydrogen-bond donors (Lipinski definition) is 0. The van der Waals surface area contributed by atoms with Crippen LogP contribution in [0.3, 0.4) is 0 Å². The smallest absolute Gasteiger partial charge is 0.120 e. The van der Waals surface area contributed by atoms with Crippen LogP contribution in [0.4, 0.5) is 0 Å². The van der Waals surface area contributed by atoms with Crippen molar-refractivity contribution in [3.63, 3.8) is 0 Å². The largest absolute Gasteiger partial charge is 0.490 e. The highest BCUT2D eigenvalue weighted by Crippen LogP contribution is 2.13. The van der Waals surface area contributed by atoms with E-state index in [-0.39, 0.29) is 0 Å². The summed E-state index contributed by atoms with van der Waals surface area (Å²) in [6, 6.07) is 8.67. The van der Waals surface area contributed by atoms with Gasteiger partial charge in [0.1, 0.15) is 12.4 Å². The minimum Gasteiger partial charge on any atom is -0.490 e. The third kappa shape index (κ3) is 4.47. The number of ether oxygens (including phenoxy) is 2. The van der Waals surface area contributed by atoms with Gasteiger partial charge in [-0.2, -0.15) is 0 Å². The van der Waals surface area contributed by atoms with E-state index in [9.17, 15) is 0 Å². The highest BCUT2D eigenvalue weighted by atomic mass is 16.5. The zero-order valence-corrected chi connectivity index (χ0v) is 8.74. The molecule has 0 heterocycles. The molecule has 1 aromatic carbocycles. The molecule has 79 valence electrons. The molecule has 0 bridgehead atoms. The molecule has 0 atom stereocenters. The Hall–Kier alpha value is -1.54. The van der Waals surface area contributed by atoms with E-state index >= 15 is 0 Å². The molecule has 1 radical (unpaired) electrons. The average Bonchev–Trinajstić information content (AvgIpc) is 2.27. The van der Waals surface area contributed by atoms with Crippen LogP contribution in [0.25, 0.3) is 0 Å². The standard InChI is InChI=1S/C13H15O2/c1-3-8-14-11-12-6-5-7-13(10-12)15-9-4-2/h3-5,7,10H,1-2,8-9,11H2. The lowest BCUT2D eigenvalue weighted by Gasteiger charge is -2.05. The van der Waals surface area contributed by atoms with Crippen LogP contribution in [0.5, 0.6) is 5.75 Å². The van der Waals surface area contributed by atoms with Gasteiger partial charge >= 0.3 is 0 Å². The fourth-order valence-electron chi connectivity index (χ4n) is 1.07. The fourth-order valence-corrected chi connectivity index (χ4v) is 1.07. The highest BCUT2D eigenvalue weighted by Gasteiger charge is 1.96. The first-order chi connectivity index (χ1) is 7.36. The Balaban J connectivity index is 2.49. The summed E-state index contributed by atoms with van der Waals surface area (Å²) >= 11 is 0. The first-order valence-corrected chi connectivity index (χ1v) is 4.79. The van der Waals surface area contributed by atoms with Crippen molar-refractivity contribution in [2.24, 2.45) is 0 Å². The molecule has 0 aliphatic heterocycles. The molecule has 0 amide bonds. The molecule has 2 heteroatoms.